The molecular weight excluding hydrogens is 362 g/mol. The Morgan fingerprint density at radius 1 is 1.33 bits per heavy atom. The summed E-state index contributed by atoms with van der Waals surface area (Å²) in [5.41, 5.74) is 2.40. The van der Waals surface area contributed by atoms with Crippen LogP contribution >= 0.6 is 11.6 Å². The number of carbonyl (C=O) groups excluding carboxylic acids is 1. The van der Waals surface area contributed by atoms with Crippen LogP contribution in [0.3, 0.4) is 0 Å². The number of carbonyl (C=O) groups is 1. The maximum absolute atomic E-state index is 12.6. The maximum atomic E-state index is 12.6. The van der Waals surface area contributed by atoms with Crippen molar-refractivity contribution in [1.29, 1.82) is 0 Å². The van der Waals surface area contributed by atoms with Crippen LogP contribution < -0.4 is 0 Å². The van der Waals surface area contributed by atoms with Crippen molar-refractivity contribution in [3.63, 3.8) is 0 Å². The van der Waals surface area contributed by atoms with Gasteiger partial charge in [0.05, 0.1) is 12.7 Å². The zero-order valence-electron chi connectivity index (χ0n) is 16.1. The summed E-state index contributed by atoms with van der Waals surface area (Å²) in [7, 11) is 0. The first-order valence-electron chi connectivity index (χ1n) is 9.53. The number of amides is 1. The molecular formula is C22H28ClNO3. The van der Waals surface area contributed by atoms with Gasteiger partial charge in [-0.3, -0.25) is 4.79 Å². The van der Waals surface area contributed by atoms with E-state index in [1.807, 2.05) is 49.1 Å². The predicted octanol–water partition coefficient (Wildman–Crippen LogP) is 4.30. The van der Waals surface area contributed by atoms with Gasteiger partial charge in [0.25, 0.3) is 0 Å². The van der Waals surface area contributed by atoms with Crippen molar-refractivity contribution in [1.82, 2.24) is 4.90 Å². The van der Waals surface area contributed by atoms with Crippen molar-refractivity contribution in [2.24, 2.45) is 5.92 Å². The number of rotatable bonds is 7. The molecule has 4 nitrogen and oxygen atoms in total. The van der Waals surface area contributed by atoms with Gasteiger partial charge in [0.15, 0.2) is 5.79 Å². The number of nitrogens with zero attached hydrogens (tertiary/aromatic N) is 1. The number of hydrogen-bond acceptors (Lipinski definition) is 3. The standard InChI is InChI=1S/C22H28ClNO3/c1-22(2)26-16-20(27-22)19(18-11-7-4-8-12-18)15-24(21(25)13-23)14-17-9-5-3-6-10-17/h3-7,9-11,19-20H,8,12-16H2,1-2H3. The number of ether oxygens (including phenoxy) is 2. The first-order chi connectivity index (χ1) is 13.0. The Morgan fingerprint density at radius 2 is 2.11 bits per heavy atom. The molecule has 1 saturated heterocycles. The Balaban J connectivity index is 1.82. The van der Waals surface area contributed by atoms with Gasteiger partial charge >= 0.3 is 0 Å². The van der Waals surface area contributed by atoms with Crippen molar-refractivity contribution in [2.45, 2.75) is 45.1 Å². The lowest BCUT2D eigenvalue weighted by Crippen LogP contribution is -2.41. The van der Waals surface area contributed by atoms with E-state index < -0.39 is 5.79 Å². The summed E-state index contributed by atoms with van der Waals surface area (Å²) >= 11 is 5.91. The van der Waals surface area contributed by atoms with Crippen LogP contribution in [0.15, 0.2) is 54.1 Å². The van der Waals surface area contributed by atoms with E-state index in [9.17, 15) is 4.79 Å². The molecule has 1 aliphatic carbocycles. The van der Waals surface area contributed by atoms with Crippen LogP contribution in [-0.4, -0.2) is 41.7 Å². The molecule has 2 atom stereocenters. The second kappa shape index (κ2) is 9.05. The van der Waals surface area contributed by atoms with Gasteiger partial charge in [-0.15, -0.1) is 11.6 Å². The molecule has 1 aromatic carbocycles. The molecule has 0 aromatic heterocycles. The third-order valence-electron chi connectivity index (χ3n) is 5.10. The van der Waals surface area contributed by atoms with E-state index in [0.29, 0.717) is 19.7 Å². The van der Waals surface area contributed by atoms with Gasteiger partial charge in [-0.2, -0.15) is 0 Å². The highest BCUT2D eigenvalue weighted by atomic mass is 35.5. The zero-order valence-corrected chi connectivity index (χ0v) is 16.8. The summed E-state index contributed by atoms with van der Waals surface area (Å²) < 4.78 is 12.0. The largest absolute Gasteiger partial charge is 0.348 e. The second-order valence-corrected chi connectivity index (χ2v) is 7.84. The molecule has 1 heterocycles. The van der Waals surface area contributed by atoms with Gasteiger partial charge in [0, 0.05) is 19.0 Å². The fourth-order valence-corrected chi connectivity index (χ4v) is 3.87. The van der Waals surface area contributed by atoms with Crippen molar-refractivity contribution in [3.8, 4) is 0 Å². The SMILES string of the molecule is CC1(C)OCC(C(CN(Cc2ccccc2)C(=O)CCl)C2=CC=CCC2)O1. The Bertz CT molecular complexity index is 699. The zero-order chi connectivity index (χ0) is 19.3. The summed E-state index contributed by atoms with van der Waals surface area (Å²) in [6, 6.07) is 10.0. The van der Waals surface area contributed by atoms with Gasteiger partial charge in [0.1, 0.15) is 5.88 Å². The monoisotopic (exact) mass is 389 g/mol. The summed E-state index contributed by atoms with van der Waals surface area (Å²) in [5, 5.41) is 0. The minimum Gasteiger partial charge on any atom is -0.348 e. The summed E-state index contributed by atoms with van der Waals surface area (Å²) in [4.78, 5) is 14.4. The Hall–Kier alpha value is -1.62. The van der Waals surface area contributed by atoms with E-state index in [1.54, 1.807) is 0 Å². The molecule has 27 heavy (non-hydrogen) atoms. The van der Waals surface area contributed by atoms with Gasteiger partial charge in [-0.05, 0) is 32.3 Å². The second-order valence-electron chi connectivity index (χ2n) is 7.58. The van der Waals surface area contributed by atoms with E-state index in [2.05, 4.69) is 18.2 Å². The van der Waals surface area contributed by atoms with Crippen molar-refractivity contribution in [3.05, 3.63) is 59.7 Å². The summed E-state index contributed by atoms with van der Waals surface area (Å²) in [5.74, 6) is -0.580. The molecule has 1 fully saturated rings. The minimum atomic E-state index is -0.589. The molecule has 5 heteroatoms. The lowest BCUT2D eigenvalue weighted by molar-refractivity contribution is -0.145. The number of alkyl halides is 1. The van der Waals surface area contributed by atoms with Crippen LogP contribution in [0, 0.1) is 5.92 Å². The number of halogens is 1. The van der Waals surface area contributed by atoms with Crippen LogP contribution in [0.25, 0.3) is 0 Å². The molecule has 1 aromatic rings. The lowest BCUT2D eigenvalue weighted by Gasteiger charge is -2.33. The molecule has 146 valence electrons. The Morgan fingerprint density at radius 3 is 2.70 bits per heavy atom. The number of allylic oxidation sites excluding steroid dienone is 3. The predicted molar refractivity (Wildman–Crippen MR) is 107 cm³/mol. The molecule has 1 aliphatic heterocycles. The molecule has 3 rings (SSSR count). The fourth-order valence-electron chi connectivity index (χ4n) is 3.70. The average Bonchev–Trinajstić information content (AvgIpc) is 3.05. The summed E-state index contributed by atoms with van der Waals surface area (Å²) in [6.45, 7) is 5.52. The van der Waals surface area contributed by atoms with Crippen molar-refractivity contribution < 1.29 is 14.3 Å². The van der Waals surface area contributed by atoms with Gasteiger partial charge in [0.2, 0.25) is 5.91 Å². The van der Waals surface area contributed by atoms with E-state index in [1.165, 1.54) is 5.57 Å². The van der Waals surface area contributed by atoms with Gasteiger partial charge in [-0.1, -0.05) is 54.1 Å². The fraction of sp³-hybridized carbons (Fsp3) is 0.500. The van der Waals surface area contributed by atoms with Crippen molar-refractivity contribution in [2.75, 3.05) is 19.0 Å². The quantitative estimate of drug-likeness (QED) is 0.652. The highest BCUT2D eigenvalue weighted by Gasteiger charge is 2.39. The number of hydrogen-bond donors (Lipinski definition) is 0. The third-order valence-corrected chi connectivity index (χ3v) is 5.33. The Labute approximate surface area is 166 Å². The van der Waals surface area contributed by atoms with Crippen LogP contribution in [0.5, 0.6) is 0 Å². The normalized spacial score (nSPS) is 22.3. The highest BCUT2D eigenvalue weighted by molar-refractivity contribution is 6.27. The molecule has 0 spiro atoms. The molecule has 0 radical (unpaired) electrons. The number of benzene rings is 1. The first kappa shape index (κ1) is 20.1. The van der Waals surface area contributed by atoms with Crippen LogP contribution in [0.4, 0.5) is 0 Å². The van der Waals surface area contributed by atoms with Gasteiger partial charge < -0.3 is 14.4 Å². The van der Waals surface area contributed by atoms with E-state index in [0.717, 1.165) is 18.4 Å². The van der Waals surface area contributed by atoms with E-state index in [-0.39, 0.29) is 23.8 Å². The van der Waals surface area contributed by atoms with Crippen LogP contribution in [0.2, 0.25) is 0 Å². The first-order valence-corrected chi connectivity index (χ1v) is 10.1. The summed E-state index contributed by atoms with van der Waals surface area (Å²) in [6.07, 6.45) is 8.35. The molecule has 0 saturated carbocycles. The molecule has 1 amide bonds. The van der Waals surface area contributed by atoms with Crippen LogP contribution in [0.1, 0.15) is 32.3 Å². The molecule has 2 unspecified atom stereocenters. The Kier molecular flexibility index (Phi) is 6.74. The topological polar surface area (TPSA) is 38.8 Å². The lowest BCUT2D eigenvalue weighted by atomic mass is 9.87. The minimum absolute atomic E-state index is 0.0218. The molecule has 0 bridgehead atoms. The van der Waals surface area contributed by atoms with Gasteiger partial charge in [-0.25, -0.2) is 0 Å². The highest BCUT2D eigenvalue weighted by Crippen LogP contribution is 2.34. The molecule has 2 aliphatic rings. The van der Waals surface area contributed by atoms with Crippen LogP contribution in [-0.2, 0) is 20.8 Å². The maximum Gasteiger partial charge on any atom is 0.237 e. The van der Waals surface area contributed by atoms with Crippen molar-refractivity contribution >= 4 is 17.5 Å². The van der Waals surface area contributed by atoms with E-state index >= 15 is 0 Å². The average molecular weight is 390 g/mol. The van der Waals surface area contributed by atoms with E-state index in [4.69, 9.17) is 21.1 Å². The smallest absolute Gasteiger partial charge is 0.237 e. The molecule has 0 N–H and O–H groups in total. The third kappa shape index (κ3) is 5.44.